The van der Waals surface area contributed by atoms with Crippen molar-refractivity contribution in [1.82, 2.24) is 16.1 Å². The van der Waals surface area contributed by atoms with Crippen molar-refractivity contribution in [3.63, 3.8) is 0 Å². The number of amides is 2. The maximum atomic E-state index is 12.2. The SMILES string of the molecule is CCNCc1ccc(-c2ccc(C(=O)N[C@@H](CN)C(=O)NO)cc2)cc1. The standard InChI is InChI=1S/C19H24N4O3/c1-2-21-12-13-3-5-14(6-4-13)15-7-9-16(10-8-15)18(24)22-17(11-20)19(25)23-26/h3-10,17,21,26H,2,11-12,20H2,1H3,(H,22,24)(H,23,25)/t17-/m0/s1. The van der Waals surface area contributed by atoms with Crippen LogP contribution in [0, 0.1) is 0 Å². The number of nitrogens with one attached hydrogen (secondary N) is 3. The summed E-state index contributed by atoms with van der Waals surface area (Å²) in [6.07, 6.45) is 0. The van der Waals surface area contributed by atoms with E-state index in [4.69, 9.17) is 10.9 Å². The highest BCUT2D eigenvalue weighted by molar-refractivity contribution is 5.97. The van der Waals surface area contributed by atoms with E-state index in [0.29, 0.717) is 5.56 Å². The Morgan fingerprint density at radius 1 is 1.04 bits per heavy atom. The van der Waals surface area contributed by atoms with Gasteiger partial charge in [0.15, 0.2) is 0 Å². The Morgan fingerprint density at radius 2 is 1.62 bits per heavy atom. The van der Waals surface area contributed by atoms with Gasteiger partial charge in [-0.15, -0.1) is 0 Å². The van der Waals surface area contributed by atoms with Crippen LogP contribution >= 0.6 is 0 Å². The van der Waals surface area contributed by atoms with Gasteiger partial charge < -0.3 is 16.4 Å². The summed E-state index contributed by atoms with van der Waals surface area (Å²) < 4.78 is 0. The number of rotatable bonds is 8. The Hall–Kier alpha value is -2.74. The molecule has 26 heavy (non-hydrogen) atoms. The van der Waals surface area contributed by atoms with Crippen LogP contribution in [0.25, 0.3) is 11.1 Å². The van der Waals surface area contributed by atoms with Crippen molar-refractivity contribution in [3.8, 4) is 11.1 Å². The van der Waals surface area contributed by atoms with E-state index >= 15 is 0 Å². The van der Waals surface area contributed by atoms with Gasteiger partial charge in [-0.25, -0.2) is 5.48 Å². The summed E-state index contributed by atoms with van der Waals surface area (Å²) in [5.74, 6) is -1.19. The number of carbonyl (C=O) groups is 2. The highest BCUT2D eigenvalue weighted by Crippen LogP contribution is 2.20. The monoisotopic (exact) mass is 356 g/mol. The molecule has 7 nitrogen and oxygen atoms in total. The first-order valence-electron chi connectivity index (χ1n) is 8.44. The van der Waals surface area contributed by atoms with Gasteiger partial charge in [0, 0.05) is 18.7 Å². The first kappa shape index (κ1) is 19.6. The lowest BCUT2D eigenvalue weighted by Gasteiger charge is -2.14. The third-order valence-electron chi connectivity index (χ3n) is 3.98. The van der Waals surface area contributed by atoms with Crippen LogP contribution in [0.1, 0.15) is 22.8 Å². The molecule has 0 spiro atoms. The van der Waals surface area contributed by atoms with E-state index in [1.54, 1.807) is 12.1 Å². The van der Waals surface area contributed by atoms with Crippen LogP contribution in [0.15, 0.2) is 48.5 Å². The lowest BCUT2D eigenvalue weighted by molar-refractivity contribution is -0.130. The summed E-state index contributed by atoms with van der Waals surface area (Å²) in [6.45, 7) is 3.71. The van der Waals surface area contributed by atoms with E-state index in [0.717, 1.165) is 24.2 Å². The third kappa shape index (κ3) is 5.13. The Kier molecular flexibility index (Phi) is 7.28. The third-order valence-corrected chi connectivity index (χ3v) is 3.98. The molecule has 2 amide bonds. The fraction of sp³-hybridized carbons (Fsp3) is 0.263. The number of hydroxylamine groups is 1. The van der Waals surface area contributed by atoms with E-state index in [9.17, 15) is 9.59 Å². The number of hydrogen-bond donors (Lipinski definition) is 5. The smallest absolute Gasteiger partial charge is 0.267 e. The zero-order valence-electron chi connectivity index (χ0n) is 14.7. The van der Waals surface area contributed by atoms with Gasteiger partial charge in [0.05, 0.1) is 0 Å². The fourth-order valence-electron chi connectivity index (χ4n) is 2.45. The van der Waals surface area contributed by atoms with Gasteiger partial charge in [0.2, 0.25) is 0 Å². The molecule has 2 rings (SSSR count). The topological polar surface area (TPSA) is 116 Å². The van der Waals surface area contributed by atoms with Crippen molar-refractivity contribution in [3.05, 3.63) is 59.7 Å². The summed E-state index contributed by atoms with van der Waals surface area (Å²) in [5.41, 5.74) is 10.6. The second-order valence-electron chi connectivity index (χ2n) is 5.79. The normalized spacial score (nSPS) is 11.7. The van der Waals surface area contributed by atoms with Gasteiger partial charge in [-0.1, -0.05) is 43.3 Å². The van der Waals surface area contributed by atoms with Gasteiger partial charge in [-0.3, -0.25) is 14.8 Å². The Bertz CT molecular complexity index is 729. The van der Waals surface area contributed by atoms with Crippen molar-refractivity contribution in [2.24, 2.45) is 5.73 Å². The van der Waals surface area contributed by atoms with Crippen molar-refractivity contribution >= 4 is 11.8 Å². The Morgan fingerprint density at radius 3 is 2.12 bits per heavy atom. The van der Waals surface area contributed by atoms with Crippen molar-refractivity contribution < 1.29 is 14.8 Å². The molecule has 0 saturated heterocycles. The van der Waals surface area contributed by atoms with Crippen LogP contribution in [-0.4, -0.2) is 36.2 Å². The summed E-state index contributed by atoms with van der Waals surface area (Å²) in [5, 5.41) is 14.4. The van der Waals surface area contributed by atoms with E-state index < -0.39 is 17.9 Å². The molecule has 0 fully saturated rings. The molecule has 0 aliphatic rings. The average Bonchev–Trinajstić information content (AvgIpc) is 2.70. The second kappa shape index (κ2) is 9.67. The van der Waals surface area contributed by atoms with E-state index in [1.807, 2.05) is 24.3 Å². The Balaban J connectivity index is 2.05. The number of hydrogen-bond acceptors (Lipinski definition) is 5. The number of carbonyl (C=O) groups excluding carboxylic acids is 2. The van der Waals surface area contributed by atoms with Gasteiger partial charge in [0.1, 0.15) is 6.04 Å². The maximum absolute atomic E-state index is 12.2. The lowest BCUT2D eigenvalue weighted by Crippen LogP contribution is -2.50. The van der Waals surface area contributed by atoms with Crippen LogP contribution < -0.4 is 21.8 Å². The zero-order valence-corrected chi connectivity index (χ0v) is 14.7. The molecule has 1 atom stereocenters. The summed E-state index contributed by atoms with van der Waals surface area (Å²) in [7, 11) is 0. The van der Waals surface area contributed by atoms with Gasteiger partial charge in [0.25, 0.3) is 11.8 Å². The molecule has 0 unspecified atom stereocenters. The minimum absolute atomic E-state index is 0.116. The molecular formula is C19H24N4O3. The van der Waals surface area contributed by atoms with Crippen molar-refractivity contribution in [2.75, 3.05) is 13.1 Å². The molecule has 0 saturated carbocycles. The number of benzene rings is 2. The van der Waals surface area contributed by atoms with Gasteiger partial charge in [-0.2, -0.15) is 0 Å². The first-order valence-corrected chi connectivity index (χ1v) is 8.44. The number of nitrogens with two attached hydrogens (primary N) is 1. The maximum Gasteiger partial charge on any atom is 0.267 e. The molecule has 138 valence electrons. The largest absolute Gasteiger partial charge is 0.339 e. The van der Waals surface area contributed by atoms with Crippen LogP contribution in [0.3, 0.4) is 0 Å². The molecule has 2 aromatic rings. The second-order valence-corrected chi connectivity index (χ2v) is 5.79. The lowest BCUT2D eigenvalue weighted by atomic mass is 10.0. The minimum Gasteiger partial charge on any atom is -0.339 e. The van der Waals surface area contributed by atoms with Gasteiger partial charge >= 0.3 is 0 Å². The quantitative estimate of drug-likeness (QED) is 0.358. The predicted molar refractivity (Wildman–Crippen MR) is 99.5 cm³/mol. The summed E-state index contributed by atoms with van der Waals surface area (Å²) >= 11 is 0. The molecule has 0 aromatic heterocycles. The highest BCUT2D eigenvalue weighted by Gasteiger charge is 2.19. The minimum atomic E-state index is -0.989. The van der Waals surface area contributed by atoms with Crippen LogP contribution in [0.2, 0.25) is 0 Å². The van der Waals surface area contributed by atoms with Crippen molar-refractivity contribution in [2.45, 2.75) is 19.5 Å². The van der Waals surface area contributed by atoms with Crippen LogP contribution in [-0.2, 0) is 11.3 Å². The van der Waals surface area contributed by atoms with Gasteiger partial charge in [-0.05, 0) is 35.4 Å². The summed E-state index contributed by atoms with van der Waals surface area (Å²) in [6, 6.07) is 14.3. The molecule has 6 N–H and O–H groups in total. The molecular weight excluding hydrogens is 332 g/mol. The van der Waals surface area contributed by atoms with E-state index in [2.05, 4.69) is 29.7 Å². The van der Waals surface area contributed by atoms with E-state index in [1.165, 1.54) is 11.0 Å². The zero-order chi connectivity index (χ0) is 18.9. The molecule has 0 aliphatic heterocycles. The van der Waals surface area contributed by atoms with Crippen LogP contribution in [0.4, 0.5) is 0 Å². The summed E-state index contributed by atoms with van der Waals surface area (Å²) in [4.78, 5) is 23.6. The molecule has 2 aromatic carbocycles. The molecule has 0 heterocycles. The highest BCUT2D eigenvalue weighted by atomic mass is 16.5. The van der Waals surface area contributed by atoms with Crippen LogP contribution in [0.5, 0.6) is 0 Å². The first-order chi connectivity index (χ1) is 12.6. The molecule has 0 radical (unpaired) electrons. The Labute approximate surface area is 152 Å². The molecule has 0 bridgehead atoms. The molecule has 0 aliphatic carbocycles. The van der Waals surface area contributed by atoms with E-state index in [-0.39, 0.29) is 6.54 Å². The average molecular weight is 356 g/mol. The predicted octanol–water partition coefficient (Wildman–Crippen LogP) is 1.03. The van der Waals surface area contributed by atoms with Crippen molar-refractivity contribution in [1.29, 1.82) is 0 Å². The fourth-order valence-corrected chi connectivity index (χ4v) is 2.45. The molecule has 7 heteroatoms.